The molecule has 0 bridgehead atoms. The summed E-state index contributed by atoms with van der Waals surface area (Å²) in [6, 6.07) is 15.2. The summed E-state index contributed by atoms with van der Waals surface area (Å²) in [4.78, 5) is 14.4. The lowest BCUT2D eigenvalue weighted by molar-refractivity contribution is -0.131. The zero-order valence-corrected chi connectivity index (χ0v) is 18.8. The number of aromatic amines is 1. The van der Waals surface area contributed by atoms with Crippen molar-refractivity contribution in [1.29, 1.82) is 0 Å². The lowest BCUT2D eigenvalue weighted by Crippen LogP contribution is -2.30. The van der Waals surface area contributed by atoms with E-state index in [1.54, 1.807) is 0 Å². The minimum atomic E-state index is 0.292. The maximum absolute atomic E-state index is 12.4. The number of fused-ring (bicyclic) bond motifs is 1. The van der Waals surface area contributed by atoms with Crippen LogP contribution in [-0.4, -0.2) is 38.7 Å². The Labute approximate surface area is 192 Å². The van der Waals surface area contributed by atoms with Gasteiger partial charge in [-0.3, -0.25) is 14.5 Å². The van der Waals surface area contributed by atoms with Crippen LogP contribution in [0.4, 0.5) is 0 Å². The second kappa shape index (κ2) is 7.85. The van der Waals surface area contributed by atoms with E-state index in [1.807, 2.05) is 4.90 Å². The van der Waals surface area contributed by atoms with Crippen LogP contribution in [0.3, 0.4) is 0 Å². The van der Waals surface area contributed by atoms with E-state index < -0.39 is 0 Å². The Morgan fingerprint density at radius 1 is 1.06 bits per heavy atom. The van der Waals surface area contributed by atoms with Gasteiger partial charge in [-0.25, -0.2) is 0 Å². The van der Waals surface area contributed by atoms with Crippen LogP contribution in [0.25, 0.3) is 28.6 Å². The minimum absolute atomic E-state index is 0.292. The summed E-state index contributed by atoms with van der Waals surface area (Å²) >= 11 is 5.55. The molecule has 6 rings (SSSR count). The number of rotatable bonds is 5. The molecular weight excluding hydrogens is 416 g/mol. The maximum Gasteiger partial charge on any atom is 0.225 e. The number of carbonyl (C=O) groups is 1. The third-order valence-corrected chi connectivity index (χ3v) is 7.29. The molecule has 1 N–H and O–H groups in total. The van der Waals surface area contributed by atoms with Gasteiger partial charge in [0.15, 0.2) is 10.6 Å². The lowest BCUT2D eigenvalue weighted by atomic mass is 9.99. The Morgan fingerprint density at radius 3 is 2.66 bits per heavy atom. The second-order valence-corrected chi connectivity index (χ2v) is 9.66. The normalized spacial score (nSPS) is 19.5. The van der Waals surface area contributed by atoms with Gasteiger partial charge in [0.25, 0.3) is 0 Å². The van der Waals surface area contributed by atoms with Crippen molar-refractivity contribution >= 4 is 24.2 Å². The summed E-state index contributed by atoms with van der Waals surface area (Å²) < 4.78 is 2.74. The van der Waals surface area contributed by atoms with Crippen LogP contribution < -0.4 is 0 Å². The first-order valence-corrected chi connectivity index (χ1v) is 11.9. The number of carbonyl (C=O) groups excluding carboxylic acids is 1. The van der Waals surface area contributed by atoms with Gasteiger partial charge in [0, 0.05) is 31.1 Å². The number of nitrogens with one attached hydrogen (secondary N) is 1. The van der Waals surface area contributed by atoms with E-state index in [-0.39, 0.29) is 0 Å². The average molecular weight is 443 g/mol. The van der Waals surface area contributed by atoms with Gasteiger partial charge in [0.2, 0.25) is 5.91 Å². The second-order valence-electron chi connectivity index (χ2n) is 9.27. The summed E-state index contributed by atoms with van der Waals surface area (Å²) in [5, 5.41) is 7.50. The predicted octanol–water partition coefficient (Wildman–Crippen LogP) is 5.10. The van der Waals surface area contributed by atoms with Crippen LogP contribution in [0.1, 0.15) is 30.4 Å². The van der Waals surface area contributed by atoms with Crippen molar-refractivity contribution in [2.45, 2.75) is 32.2 Å². The molecule has 2 aromatic carbocycles. The molecule has 1 aromatic heterocycles. The molecule has 0 spiro atoms. The van der Waals surface area contributed by atoms with E-state index in [0.29, 0.717) is 22.5 Å². The largest absolute Gasteiger partial charge is 0.342 e. The zero-order chi connectivity index (χ0) is 21.7. The molecule has 0 unspecified atom stereocenters. The van der Waals surface area contributed by atoms with Crippen LogP contribution in [0, 0.1) is 16.6 Å². The summed E-state index contributed by atoms with van der Waals surface area (Å²) in [7, 11) is 0. The molecule has 162 valence electrons. The zero-order valence-electron chi connectivity index (χ0n) is 18.0. The molecule has 1 saturated heterocycles. The van der Waals surface area contributed by atoms with Crippen molar-refractivity contribution < 1.29 is 4.79 Å². The highest BCUT2D eigenvalue weighted by Crippen LogP contribution is 2.33. The fourth-order valence-corrected chi connectivity index (χ4v) is 5.19. The maximum atomic E-state index is 12.4. The average Bonchev–Trinajstić information content (AvgIpc) is 3.21. The van der Waals surface area contributed by atoms with E-state index in [9.17, 15) is 4.79 Å². The molecule has 2 heterocycles. The number of aromatic nitrogens is 3. The van der Waals surface area contributed by atoms with Gasteiger partial charge in [-0.2, -0.15) is 5.10 Å². The van der Waals surface area contributed by atoms with Crippen LogP contribution in [0.5, 0.6) is 0 Å². The Balaban J connectivity index is 1.20. The van der Waals surface area contributed by atoms with Crippen LogP contribution in [-0.2, 0) is 17.8 Å². The van der Waals surface area contributed by atoms with Crippen molar-refractivity contribution in [3.05, 3.63) is 64.4 Å². The molecule has 0 radical (unpaired) electrons. The molecule has 6 heteroatoms. The molecule has 1 aliphatic heterocycles. The standard InChI is InChI=1S/C26H26N4OS/c31-25(21-9-10-21)29-13-12-17(15-29)16-30-24(27-28-26(30)32)20-7-4-19(5-8-20)23-11-6-18-2-1-3-22(18)14-23/h1-2,4-8,11,14,17,21H,3,9-10,12-13,15-16H2,(H,28,32)/t17-/m1/s1. The highest BCUT2D eigenvalue weighted by atomic mass is 32.1. The molecule has 2 aliphatic carbocycles. The van der Waals surface area contributed by atoms with Crippen molar-refractivity contribution in [2.24, 2.45) is 11.8 Å². The van der Waals surface area contributed by atoms with Gasteiger partial charge in [-0.05, 0) is 66.1 Å². The fraction of sp³-hybridized carbons (Fsp3) is 0.346. The third-order valence-electron chi connectivity index (χ3n) is 6.98. The first kappa shape index (κ1) is 19.7. The molecule has 1 atom stereocenters. The number of likely N-dealkylation sites (tertiary alicyclic amines) is 1. The molecule has 3 aliphatic rings. The Morgan fingerprint density at radius 2 is 1.84 bits per heavy atom. The van der Waals surface area contributed by atoms with Crippen molar-refractivity contribution in [3.63, 3.8) is 0 Å². The summed E-state index contributed by atoms with van der Waals surface area (Å²) in [5.74, 6) is 1.93. The monoisotopic (exact) mass is 442 g/mol. The summed E-state index contributed by atoms with van der Waals surface area (Å²) in [6.07, 6.45) is 8.57. The van der Waals surface area contributed by atoms with Gasteiger partial charge in [-0.1, -0.05) is 54.6 Å². The smallest absolute Gasteiger partial charge is 0.225 e. The van der Waals surface area contributed by atoms with Crippen molar-refractivity contribution in [2.75, 3.05) is 13.1 Å². The quantitative estimate of drug-likeness (QED) is 0.559. The van der Waals surface area contributed by atoms with E-state index in [0.717, 1.165) is 56.7 Å². The number of benzene rings is 2. The van der Waals surface area contributed by atoms with Gasteiger partial charge in [-0.15, -0.1) is 0 Å². The van der Waals surface area contributed by atoms with Crippen molar-refractivity contribution in [3.8, 4) is 22.5 Å². The first-order valence-electron chi connectivity index (χ1n) is 11.5. The number of H-pyrrole nitrogens is 1. The van der Waals surface area contributed by atoms with E-state index in [1.165, 1.54) is 22.3 Å². The predicted molar refractivity (Wildman–Crippen MR) is 128 cm³/mol. The number of nitrogens with zero attached hydrogens (tertiary/aromatic N) is 3. The van der Waals surface area contributed by atoms with Crippen LogP contribution in [0.2, 0.25) is 0 Å². The minimum Gasteiger partial charge on any atom is -0.342 e. The fourth-order valence-electron chi connectivity index (χ4n) is 4.99. The van der Waals surface area contributed by atoms with E-state index in [2.05, 4.69) is 69.4 Å². The molecule has 5 nitrogen and oxygen atoms in total. The van der Waals surface area contributed by atoms with Gasteiger partial charge >= 0.3 is 0 Å². The Bertz CT molecular complexity index is 1270. The molecule has 32 heavy (non-hydrogen) atoms. The third kappa shape index (κ3) is 3.62. The number of hydrogen-bond donors (Lipinski definition) is 1. The number of hydrogen-bond acceptors (Lipinski definition) is 3. The Kier molecular flexibility index (Phi) is 4.83. The van der Waals surface area contributed by atoms with Crippen LogP contribution in [0.15, 0.2) is 48.5 Å². The highest BCUT2D eigenvalue weighted by Gasteiger charge is 2.36. The topological polar surface area (TPSA) is 53.9 Å². The highest BCUT2D eigenvalue weighted by molar-refractivity contribution is 7.71. The first-order chi connectivity index (χ1) is 15.7. The molecular formula is C26H26N4OS. The molecule has 3 aromatic rings. The van der Waals surface area contributed by atoms with Crippen molar-refractivity contribution in [1.82, 2.24) is 19.7 Å². The summed E-state index contributed by atoms with van der Waals surface area (Å²) in [5.41, 5.74) is 6.20. The van der Waals surface area contributed by atoms with Gasteiger partial charge < -0.3 is 4.90 Å². The van der Waals surface area contributed by atoms with E-state index in [4.69, 9.17) is 12.2 Å². The lowest BCUT2D eigenvalue weighted by Gasteiger charge is -2.17. The summed E-state index contributed by atoms with van der Waals surface area (Å²) in [6.45, 7) is 2.48. The van der Waals surface area contributed by atoms with Crippen LogP contribution >= 0.6 is 12.2 Å². The molecule has 2 fully saturated rings. The molecule has 1 amide bonds. The molecule has 1 saturated carbocycles. The number of allylic oxidation sites excluding steroid dienone is 1. The SMILES string of the molecule is O=C(C1CC1)N1CC[C@@H](Cn2c(-c3ccc(-c4ccc5c(c4)CC=C5)cc3)n[nH]c2=S)C1. The van der Waals surface area contributed by atoms with E-state index >= 15 is 0 Å². The number of amides is 1. The van der Waals surface area contributed by atoms with Gasteiger partial charge in [0.05, 0.1) is 0 Å². The Hall–Kier alpha value is -2.99. The van der Waals surface area contributed by atoms with Gasteiger partial charge in [0.1, 0.15) is 0 Å².